The molecule has 2 N–H and O–H groups in total. The lowest BCUT2D eigenvalue weighted by molar-refractivity contribution is 0.308. The first-order valence-corrected chi connectivity index (χ1v) is 5.83. The zero-order valence-corrected chi connectivity index (χ0v) is 13.5. The highest BCUT2D eigenvalue weighted by atomic mass is 127. The fraction of sp³-hybridized carbons (Fsp3) is 0.909. The summed E-state index contributed by atoms with van der Waals surface area (Å²) in [6, 6.07) is 0.421. The van der Waals surface area contributed by atoms with Gasteiger partial charge in [-0.1, -0.05) is 13.8 Å². The molecule has 0 saturated carbocycles. The Morgan fingerprint density at radius 2 is 1.81 bits per heavy atom. The molecule has 16 heavy (non-hydrogen) atoms. The maximum Gasteiger partial charge on any atom is 0.191 e. The van der Waals surface area contributed by atoms with Gasteiger partial charge >= 0.3 is 0 Å². The van der Waals surface area contributed by atoms with Gasteiger partial charge in [0.2, 0.25) is 0 Å². The Bertz CT molecular complexity index is 179. The molecule has 4 nitrogen and oxygen atoms in total. The topological polar surface area (TPSA) is 39.7 Å². The molecule has 0 radical (unpaired) electrons. The van der Waals surface area contributed by atoms with E-state index in [4.69, 9.17) is 0 Å². The van der Waals surface area contributed by atoms with E-state index >= 15 is 0 Å². The largest absolute Gasteiger partial charge is 0.355 e. The van der Waals surface area contributed by atoms with E-state index in [1.165, 1.54) is 0 Å². The van der Waals surface area contributed by atoms with Crippen LogP contribution in [-0.4, -0.2) is 50.1 Å². The highest BCUT2D eigenvalue weighted by Gasteiger charge is 2.01. The van der Waals surface area contributed by atoms with E-state index in [-0.39, 0.29) is 24.0 Å². The molecule has 0 aromatic rings. The molecule has 0 aliphatic carbocycles. The first kappa shape index (κ1) is 18.3. The van der Waals surface area contributed by atoms with Crippen molar-refractivity contribution in [2.75, 3.05) is 33.2 Å². The van der Waals surface area contributed by atoms with Crippen LogP contribution in [0, 0.1) is 0 Å². The lowest BCUT2D eigenvalue weighted by Gasteiger charge is -2.20. The molecule has 0 fully saturated rings. The molecule has 98 valence electrons. The van der Waals surface area contributed by atoms with Crippen LogP contribution in [0.25, 0.3) is 0 Å². The van der Waals surface area contributed by atoms with Crippen molar-refractivity contribution in [3.8, 4) is 0 Å². The van der Waals surface area contributed by atoms with Gasteiger partial charge in [0.05, 0.1) is 0 Å². The molecule has 0 aromatic carbocycles. The Balaban J connectivity index is 0. The van der Waals surface area contributed by atoms with E-state index in [0.717, 1.165) is 32.1 Å². The monoisotopic (exact) mass is 342 g/mol. The maximum absolute atomic E-state index is 4.15. The van der Waals surface area contributed by atoms with E-state index in [1.54, 1.807) is 7.05 Å². The Morgan fingerprint density at radius 3 is 2.19 bits per heavy atom. The molecule has 0 aliphatic rings. The molecule has 0 aromatic heterocycles. The third-order valence-corrected chi connectivity index (χ3v) is 2.26. The molecular weight excluding hydrogens is 315 g/mol. The van der Waals surface area contributed by atoms with Crippen molar-refractivity contribution in [3.63, 3.8) is 0 Å². The summed E-state index contributed by atoms with van der Waals surface area (Å²) in [5, 5.41) is 6.56. The summed E-state index contributed by atoms with van der Waals surface area (Å²) in [6.45, 7) is 12.8. The minimum atomic E-state index is 0. The minimum absolute atomic E-state index is 0. The smallest absolute Gasteiger partial charge is 0.191 e. The zero-order chi connectivity index (χ0) is 11.7. The number of nitrogens with one attached hydrogen (secondary N) is 2. The molecule has 0 heterocycles. The van der Waals surface area contributed by atoms with Crippen LogP contribution < -0.4 is 10.6 Å². The average molecular weight is 342 g/mol. The molecule has 0 bridgehead atoms. The van der Waals surface area contributed by atoms with Gasteiger partial charge in [-0.15, -0.1) is 24.0 Å². The van der Waals surface area contributed by atoms with Gasteiger partial charge in [0.15, 0.2) is 5.96 Å². The van der Waals surface area contributed by atoms with Gasteiger partial charge in [-0.05, 0) is 26.9 Å². The number of aliphatic imine (C=N–C) groups is 1. The van der Waals surface area contributed by atoms with Crippen molar-refractivity contribution in [2.24, 2.45) is 4.99 Å². The fourth-order valence-electron chi connectivity index (χ4n) is 1.34. The summed E-state index contributed by atoms with van der Waals surface area (Å²) >= 11 is 0. The van der Waals surface area contributed by atoms with Crippen LogP contribution in [0.3, 0.4) is 0 Å². The summed E-state index contributed by atoms with van der Waals surface area (Å²) < 4.78 is 0. The molecule has 0 unspecified atom stereocenters. The van der Waals surface area contributed by atoms with E-state index in [0.29, 0.717) is 6.04 Å². The normalized spacial score (nSPS) is 11.6. The Labute approximate surface area is 117 Å². The Hall–Kier alpha value is -0.0400. The zero-order valence-electron chi connectivity index (χ0n) is 11.2. The van der Waals surface area contributed by atoms with Gasteiger partial charge in [0.25, 0.3) is 0 Å². The predicted octanol–water partition coefficient (Wildman–Crippen LogP) is 1.52. The van der Waals surface area contributed by atoms with Crippen LogP contribution in [0.5, 0.6) is 0 Å². The fourth-order valence-corrected chi connectivity index (χ4v) is 1.34. The van der Waals surface area contributed by atoms with Gasteiger partial charge < -0.3 is 15.5 Å². The number of rotatable bonds is 6. The highest BCUT2D eigenvalue weighted by Crippen LogP contribution is 1.84. The van der Waals surface area contributed by atoms with Crippen LogP contribution in [0.4, 0.5) is 0 Å². The number of hydrogen-bond acceptors (Lipinski definition) is 2. The quantitative estimate of drug-likeness (QED) is 0.437. The number of guanidine groups is 1. The van der Waals surface area contributed by atoms with Crippen LogP contribution in [0.15, 0.2) is 4.99 Å². The number of likely N-dealkylation sites (N-methyl/N-ethyl adjacent to an activating group) is 1. The Morgan fingerprint density at radius 1 is 1.25 bits per heavy atom. The van der Waals surface area contributed by atoms with Gasteiger partial charge in [0, 0.05) is 26.2 Å². The molecular formula is C11H27IN4. The summed E-state index contributed by atoms with van der Waals surface area (Å²) in [6.07, 6.45) is 0. The standard InChI is InChI=1S/C11H26N4.HI/c1-6-15(7-2)9-8-13-11(12-5)14-10(3)4;/h10H,6-9H2,1-5H3,(H2,12,13,14);1H. The van der Waals surface area contributed by atoms with E-state index in [9.17, 15) is 0 Å². The molecule has 0 aliphatic heterocycles. The van der Waals surface area contributed by atoms with Gasteiger partial charge in [-0.25, -0.2) is 0 Å². The third kappa shape index (κ3) is 9.21. The molecule has 0 rings (SSSR count). The van der Waals surface area contributed by atoms with Crippen molar-refractivity contribution in [1.29, 1.82) is 0 Å². The average Bonchev–Trinajstić information content (AvgIpc) is 2.22. The van der Waals surface area contributed by atoms with Crippen molar-refractivity contribution < 1.29 is 0 Å². The number of nitrogens with zero attached hydrogens (tertiary/aromatic N) is 2. The second kappa shape index (κ2) is 11.4. The van der Waals surface area contributed by atoms with Crippen molar-refractivity contribution in [2.45, 2.75) is 33.7 Å². The lowest BCUT2D eigenvalue weighted by Crippen LogP contribution is -2.44. The van der Waals surface area contributed by atoms with Crippen LogP contribution in [0.2, 0.25) is 0 Å². The SMILES string of the molecule is CCN(CC)CCNC(=NC)NC(C)C.I. The summed E-state index contributed by atoms with van der Waals surface area (Å²) in [5.41, 5.74) is 0. The van der Waals surface area contributed by atoms with Gasteiger partial charge in [-0.3, -0.25) is 4.99 Å². The van der Waals surface area contributed by atoms with Crippen molar-refractivity contribution in [1.82, 2.24) is 15.5 Å². The molecule has 0 saturated heterocycles. The van der Waals surface area contributed by atoms with Crippen LogP contribution in [0.1, 0.15) is 27.7 Å². The molecule has 5 heteroatoms. The second-order valence-corrected chi connectivity index (χ2v) is 3.82. The predicted molar refractivity (Wildman–Crippen MR) is 82.8 cm³/mol. The summed E-state index contributed by atoms with van der Waals surface area (Å²) in [5.74, 6) is 0.886. The molecule has 0 atom stereocenters. The molecule has 0 amide bonds. The van der Waals surface area contributed by atoms with Crippen molar-refractivity contribution in [3.05, 3.63) is 0 Å². The number of hydrogen-bond donors (Lipinski definition) is 2. The first-order valence-electron chi connectivity index (χ1n) is 5.83. The van der Waals surface area contributed by atoms with E-state index in [2.05, 4.69) is 48.2 Å². The van der Waals surface area contributed by atoms with Crippen LogP contribution >= 0.6 is 24.0 Å². The minimum Gasteiger partial charge on any atom is -0.355 e. The number of halogens is 1. The Kier molecular flexibility index (Phi) is 13.1. The second-order valence-electron chi connectivity index (χ2n) is 3.82. The maximum atomic E-state index is 4.15. The van der Waals surface area contributed by atoms with E-state index in [1.807, 2.05) is 0 Å². The van der Waals surface area contributed by atoms with Crippen molar-refractivity contribution >= 4 is 29.9 Å². The van der Waals surface area contributed by atoms with Gasteiger partial charge in [-0.2, -0.15) is 0 Å². The van der Waals surface area contributed by atoms with Gasteiger partial charge in [0.1, 0.15) is 0 Å². The third-order valence-electron chi connectivity index (χ3n) is 2.26. The van der Waals surface area contributed by atoms with E-state index < -0.39 is 0 Å². The van der Waals surface area contributed by atoms with Crippen LogP contribution in [-0.2, 0) is 0 Å². The lowest BCUT2D eigenvalue weighted by atomic mass is 10.4. The molecule has 0 spiro atoms. The highest BCUT2D eigenvalue weighted by molar-refractivity contribution is 14.0. The summed E-state index contributed by atoms with van der Waals surface area (Å²) in [4.78, 5) is 6.54. The summed E-state index contributed by atoms with van der Waals surface area (Å²) in [7, 11) is 1.80. The first-order chi connectivity index (χ1) is 7.13.